The number of hydrogen-bond donors (Lipinski definition) is 1. The van der Waals surface area contributed by atoms with Gasteiger partial charge >= 0.3 is 0 Å². The molecule has 1 amide bonds. The summed E-state index contributed by atoms with van der Waals surface area (Å²) in [5, 5.41) is 3.56. The number of fused-ring (bicyclic) bond motifs is 1. The zero-order valence-corrected chi connectivity index (χ0v) is 19.3. The number of benzene rings is 2. The topological polar surface area (TPSA) is 86.0 Å². The molecular formula is C24H20BrN3O4. The zero-order valence-electron chi connectivity index (χ0n) is 17.7. The van der Waals surface area contributed by atoms with Crippen molar-refractivity contribution in [3.05, 3.63) is 81.9 Å². The summed E-state index contributed by atoms with van der Waals surface area (Å²) >= 11 is 3.45. The molecule has 2 aromatic heterocycles. The SMILES string of the molecule is COc1ccc(N=c2oc3ccc(Br)cc3cc2C(=O)Nc2ccc(C)cn2)cc1OC. The Kier molecular flexibility index (Phi) is 6.23. The van der Waals surface area contributed by atoms with E-state index in [2.05, 4.69) is 31.2 Å². The number of anilines is 1. The van der Waals surface area contributed by atoms with Crippen LogP contribution in [0.2, 0.25) is 0 Å². The van der Waals surface area contributed by atoms with E-state index in [1.54, 1.807) is 50.7 Å². The van der Waals surface area contributed by atoms with Crippen molar-refractivity contribution >= 4 is 44.3 Å². The monoisotopic (exact) mass is 493 g/mol. The molecule has 0 bridgehead atoms. The van der Waals surface area contributed by atoms with Crippen molar-refractivity contribution in [2.45, 2.75) is 6.92 Å². The highest BCUT2D eigenvalue weighted by Crippen LogP contribution is 2.31. The Balaban J connectivity index is 1.84. The van der Waals surface area contributed by atoms with E-state index >= 15 is 0 Å². The number of rotatable bonds is 5. The maximum absolute atomic E-state index is 13.1. The highest BCUT2D eigenvalue weighted by Gasteiger charge is 2.14. The van der Waals surface area contributed by atoms with Gasteiger partial charge in [0.25, 0.3) is 5.91 Å². The van der Waals surface area contributed by atoms with E-state index in [4.69, 9.17) is 13.9 Å². The van der Waals surface area contributed by atoms with Gasteiger partial charge in [0, 0.05) is 22.1 Å². The number of amides is 1. The summed E-state index contributed by atoms with van der Waals surface area (Å²) in [6.07, 6.45) is 1.69. The van der Waals surface area contributed by atoms with Gasteiger partial charge in [-0.1, -0.05) is 22.0 Å². The summed E-state index contributed by atoms with van der Waals surface area (Å²) in [5.74, 6) is 1.15. The predicted molar refractivity (Wildman–Crippen MR) is 126 cm³/mol. The van der Waals surface area contributed by atoms with Gasteiger partial charge in [-0.2, -0.15) is 0 Å². The molecule has 0 aliphatic heterocycles. The van der Waals surface area contributed by atoms with Gasteiger partial charge in [0.1, 0.15) is 17.0 Å². The minimum absolute atomic E-state index is 0.164. The number of aromatic nitrogens is 1. The molecule has 0 unspecified atom stereocenters. The van der Waals surface area contributed by atoms with Crippen LogP contribution in [0.5, 0.6) is 11.5 Å². The van der Waals surface area contributed by atoms with Crippen LogP contribution < -0.4 is 20.3 Å². The highest BCUT2D eigenvalue weighted by atomic mass is 79.9. The van der Waals surface area contributed by atoms with Crippen LogP contribution in [0.25, 0.3) is 11.0 Å². The molecule has 0 atom stereocenters. The highest BCUT2D eigenvalue weighted by molar-refractivity contribution is 9.10. The Bertz CT molecular complexity index is 1360. The summed E-state index contributed by atoms with van der Waals surface area (Å²) in [6.45, 7) is 1.93. The average molecular weight is 494 g/mol. The van der Waals surface area contributed by atoms with Crippen LogP contribution in [0.3, 0.4) is 0 Å². The van der Waals surface area contributed by atoms with E-state index in [1.165, 1.54) is 0 Å². The molecule has 0 radical (unpaired) electrons. The largest absolute Gasteiger partial charge is 0.493 e. The maximum atomic E-state index is 13.1. The standard InChI is InChI=1S/C24H20BrN3O4/c1-14-4-9-22(26-13-14)28-23(29)18-11-15-10-16(25)5-7-19(15)32-24(18)27-17-6-8-20(30-2)21(12-17)31-3/h4-13H,1-3H3,(H,26,28,29). The Morgan fingerprint density at radius 1 is 1.03 bits per heavy atom. The summed E-state index contributed by atoms with van der Waals surface area (Å²) in [5.41, 5.74) is 2.57. The van der Waals surface area contributed by atoms with Crippen LogP contribution in [-0.4, -0.2) is 25.1 Å². The minimum Gasteiger partial charge on any atom is -0.493 e. The molecule has 32 heavy (non-hydrogen) atoms. The van der Waals surface area contributed by atoms with E-state index in [9.17, 15) is 4.79 Å². The molecule has 8 heteroatoms. The van der Waals surface area contributed by atoms with Crippen LogP contribution in [0.1, 0.15) is 15.9 Å². The number of pyridine rings is 1. The van der Waals surface area contributed by atoms with Crippen molar-refractivity contribution in [1.29, 1.82) is 0 Å². The van der Waals surface area contributed by atoms with Crippen LogP contribution in [0.4, 0.5) is 11.5 Å². The van der Waals surface area contributed by atoms with E-state index in [-0.39, 0.29) is 17.0 Å². The number of carbonyl (C=O) groups is 1. The lowest BCUT2D eigenvalue weighted by molar-refractivity contribution is 0.102. The number of aryl methyl sites for hydroxylation is 1. The normalized spacial score (nSPS) is 11.4. The number of halogens is 1. The number of ether oxygens (including phenoxy) is 2. The zero-order chi connectivity index (χ0) is 22.7. The number of methoxy groups -OCH3 is 2. The fraction of sp³-hybridized carbons (Fsp3) is 0.125. The second-order valence-electron chi connectivity index (χ2n) is 6.97. The van der Waals surface area contributed by atoms with Crippen LogP contribution in [0.15, 0.2) is 74.7 Å². The van der Waals surface area contributed by atoms with Crippen molar-refractivity contribution in [2.24, 2.45) is 4.99 Å². The fourth-order valence-electron chi connectivity index (χ4n) is 3.08. The molecule has 7 nitrogen and oxygen atoms in total. The van der Waals surface area contributed by atoms with Crippen molar-refractivity contribution < 1.29 is 18.7 Å². The minimum atomic E-state index is -0.383. The fourth-order valence-corrected chi connectivity index (χ4v) is 3.46. The number of nitrogens with zero attached hydrogens (tertiary/aromatic N) is 2. The predicted octanol–water partition coefficient (Wildman–Crippen LogP) is 5.40. The first-order valence-electron chi connectivity index (χ1n) is 9.71. The molecule has 0 aliphatic rings. The first-order valence-corrected chi connectivity index (χ1v) is 10.5. The second kappa shape index (κ2) is 9.23. The quantitative estimate of drug-likeness (QED) is 0.402. The van der Waals surface area contributed by atoms with Gasteiger partial charge in [-0.15, -0.1) is 0 Å². The smallest absolute Gasteiger partial charge is 0.262 e. The third-order valence-corrected chi connectivity index (χ3v) is 5.20. The lowest BCUT2D eigenvalue weighted by Gasteiger charge is -2.09. The van der Waals surface area contributed by atoms with Crippen LogP contribution >= 0.6 is 15.9 Å². The third-order valence-electron chi connectivity index (χ3n) is 4.70. The number of hydrogen-bond acceptors (Lipinski definition) is 6. The molecule has 0 fully saturated rings. The van der Waals surface area contributed by atoms with Crippen molar-refractivity contribution in [1.82, 2.24) is 4.98 Å². The van der Waals surface area contributed by atoms with Gasteiger partial charge in [-0.25, -0.2) is 9.98 Å². The first-order chi connectivity index (χ1) is 15.5. The van der Waals surface area contributed by atoms with E-state index < -0.39 is 0 Å². The van der Waals surface area contributed by atoms with Gasteiger partial charge < -0.3 is 19.2 Å². The van der Waals surface area contributed by atoms with E-state index in [0.717, 1.165) is 15.4 Å². The van der Waals surface area contributed by atoms with Gasteiger partial charge in [0.05, 0.1) is 19.9 Å². The summed E-state index contributed by atoms with van der Waals surface area (Å²) in [6, 6.07) is 16.1. The Morgan fingerprint density at radius 3 is 2.56 bits per heavy atom. The molecule has 4 aromatic rings. The molecular weight excluding hydrogens is 474 g/mol. The summed E-state index contributed by atoms with van der Waals surface area (Å²) < 4.78 is 17.5. The van der Waals surface area contributed by atoms with Crippen molar-refractivity contribution in [3.8, 4) is 11.5 Å². The first kappa shape index (κ1) is 21.6. The van der Waals surface area contributed by atoms with E-state index in [0.29, 0.717) is 28.6 Å². The maximum Gasteiger partial charge on any atom is 0.262 e. The van der Waals surface area contributed by atoms with Crippen LogP contribution in [0, 0.1) is 6.92 Å². The van der Waals surface area contributed by atoms with Crippen LogP contribution in [-0.2, 0) is 0 Å². The van der Waals surface area contributed by atoms with Crippen molar-refractivity contribution in [2.75, 3.05) is 19.5 Å². The molecule has 0 spiro atoms. The molecule has 0 saturated carbocycles. The van der Waals surface area contributed by atoms with Gasteiger partial charge in [0.15, 0.2) is 11.5 Å². The Labute approximate surface area is 192 Å². The molecule has 162 valence electrons. The molecule has 0 saturated heterocycles. The third kappa shape index (κ3) is 4.65. The van der Waals surface area contributed by atoms with Crippen molar-refractivity contribution in [3.63, 3.8) is 0 Å². The summed E-state index contributed by atoms with van der Waals surface area (Å²) in [7, 11) is 3.11. The van der Waals surface area contributed by atoms with Gasteiger partial charge in [-0.3, -0.25) is 4.79 Å². The Hall–Kier alpha value is -3.65. The molecule has 1 N–H and O–H groups in total. The molecule has 4 rings (SSSR count). The number of nitrogens with one attached hydrogen (secondary N) is 1. The van der Waals surface area contributed by atoms with E-state index in [1.807, 2.05) is 31.2 Å². The second-order valence-corrected chi connectivity index (χ2v) is 7.89. The Morgan fingerprint density at radius 2 is 1.84 bits per heavy atom. The average Bonchev–Trinajstić information content (AvgIpc) is 2.80. The van der Waals surface area contributed by atoms with Gasteiger partial charge in [0.2, 0.25) is 5.55 Å². The number of carbonyl (C=O) groups excluding carboxylic acids is 1. The summed E-state index contributed by atoms with van der Waals surface area (Å²) in [4.78, 5) is 22.0. The lowest BCUT2D eigenvalue weighted by atomic mass is 10.1. The van der Waals surface area contributed by atoms with Gasteiger partial charge in [-0.05, 0) is 55.0 Å². The molecule has 2 heterocycles. The lowest BCUT2D eigenvalue weighted by Crippen LogP contribution is -2.22. The molecule has 2 aromatic carbocycles. The molecule has 0 aliphatic carbocycles.